The van der Waals surface area contributed by atoms with E-state index >= 15 is 0 Å². The van der Waals surface area contributed by atoms with Gasteiger partial charge in [0.25, 0.3) is 0 Å². The van der Waals surface area contributed by atoms with Crippen molar-refractivity contribution in [3.8, 4) is 0 Å². The lowest BCUT2D eigenvalue weighted by Crippen LogP contribution is -2.36. The molecule has 0 amide bonds. The number of rotatable bonds is 5. The van der Waals surface area contributed by atoms with Crippen molar-refractivity contribution in [3.05, 3.63) is 82.5 Å². The minimum Gasteiger partial charge on any atom is -0.451 e. The first kappa shape index (κ1) is 25.6. The first-order valence-corrected chi connectivity index (χ1v) is 13.5. The summed E-state index contributed by atoms with van der Waals surface area (Å²) in [5.74, 6) is 2.04. The molecule has 2 aliphatic heterocycles. The lowest BCUT2D eigenvalue weighted by atomic mass is 9.60. The highest BCUT2D eigenvalue weighted by Crippen LogP contribution is 2.56. The number of ether oxygens (including phenoxy) is 1. The number of nitrogens with zero attached hydrogens (tertiary/aromatic N) is 1. The van der Waals surface area contributed by atoms with Crippen molar-refractivity contribution in [2.45, 2.75) is 84.4 Å². The van der Waals surface area contributed by atoms with Crippen LogP contribution in [0.3, 0.4) is 0 Å². The Morgan fingerprint density at radius 3 is 2.57 bits per heavy atom. The molecule has 1 saturated carbocycles. The molecule has 2 fully saturated rings. The Balaban J connectivity index is 0.000000356. The molecule has 4 nitrogen and oxygen atoms in total. The van der Waals surface area contributed by atoms with Gasteiger partial charge in [-0.2, -0.15) is 0 Å². The first-order chi connectivity index (χ1) is 16.9. The third-order valence-electron chi connectivity index (χ3n) is 8.23. The number of allylic oxidation sites excluding steroid dienone is 1. The molecule has 2 heterocycles. The SMILES string of the molecule is C=C1N[C@H](C)C2CC(c3ccc(C4=NNC(CCC)O4)cc3C)CCC12CC.Clc1ccccc1. The molecule has 2 aromatic carbocycles. The van der Waals surface area contributed by atoms with Crippen molar-refractivity contribution in [1.29, 1.82) is 0 Å². The van der Waals surface area contributed by atoms with E-state index in [-0.39, 0.29) is 6.23 Å². The molecule has 2 N–H and O–H groups in total. The van der Waals surface area contributed by atoms with Crippen LogP contribution in [0.1, 0.15) is 81.9 Å². The van der Waals surface area contributed by atoms with Crippen LogP contribution >= 0.6 is 11.6 Å². The molecule has 5 atom stereocenters. The number of fused-ring (bicyclic) bond motifs is 1. The molecule has 5 rings (SSSR count). The van der Waals surface area contributed by atoms with E-state index in [0.717, 1.165) is 29.3 Å². The minimum absolute atomic E-state index is 0.0185. The van der Waals surface area contributed by atoms with Crippen molar-refractivity contribution in [2.75, 3.05) is 0 Å². The van der Waals surface area contributed by atoms with Gasteiger partial charge in [0, 0.05) is 34.2 Å². The summed E-state index contributed by atoms with van der Waals surface area (Å²) in [6, 6.07) is 16.7. The standard InChI is InChI=1S/C24H35N3O.C6H5Cl/c1-6-8-22-26-27-23(28-22)19-9-10-20(15(3)13-19)18-11-12-24(7-2)17(5)25-16(4)21(24)14-18;7-6-4-2-1-3-5-6/h9-10,13,16,18,21-22,25-26H,5-8,11-12,14H2,1-4H3;1-5H/t16-,18?,21?,22?,24?;/m1./s1. The van der Waals surface area contributed by atoms with E-state index in [1.807, 2.05) is 30.3 Å². The molecular formula is C30H40ClN3O. The highest BCUT2D eigenvalue weighted by Gasteiger charge is 2.51. The van der Waals surface area contributed by atoms with Gasteiger partial charge < -0.3 is 10.1 Å². The molecule has 5 heteroatoms. The number of benzene rings is 2. The van der Waals surface area contributed by atoms with Crippen LogP contribution in [0.2, 0.25) is 5.02 Å². The van der Waals surface area contributed by atoms with Crippen molar-refractivity contribution in [2.24, 2.45) is 16.4 Å². The largest absolute Gasteiger partial charge is 0.451 e. The fourth-order valence-electron chi connectivity index (χ4n) is 6.30. The summed E-state index contributed by atoms with van der Waals surface area (Å²) in [6.45, 7) is 13.4. The van der Waals surface area contributed by atoms with Crippen molar-refractivity contribution in [1.82, 2.24) is 10.7 Å². The van der Waals surface area contributed by atoms with E-state index in [0.29, 0.717) is 23.3 Å². The van der Waals surface area contributed by atoms with Crippen LogP contribution in [-0.2, 0) is 4.74 Å². The van der Waals surface area contributed by atoms with Gasteiger partial charge in [-0.15, -0.1) is 5.10 Å². The van der Waals surface area contributed by atoms with Crippen LogP contribution in [0.5, 0.6) is 0 Å². The molecule has 0 bridgehead atoms. The van der Waals surface area contributed by atoms with E-state index in [1.54, 1.807) is 0 Å². The fourth-order valence-corrected chi connectivity index (χ4v) is 6.44. The molecular weight excluding hydrogens is 454 g/mol. The summed E-state index contributed by atoms with van der Waals surface area (Å²) in [5, 5.41) is 8.86. The van der Waals surface area contributed by atoms with E-state index in [9.17, 15) is 0 Å². The average molecular weight is 494 g/mol. The number of hydrazone groups is 1. The molecule has 188 valence electrons. The van der Waals surface area contributed by atoms with Gasteiger partial charge in [-0.1, -0.05) is 62.7 Å². The lowest BCUT2D eigenvalue weighted by molar-refractivity contribution is 0.134. The zero-order valence-electron chi connectivity index (χ0n) is 21.6. The summed E-state index contributed by atoms with van der Waals surface area (Å²) in [5.41, 5.74) is 8.61. The highest BCUT2D eigenvalue weighted by molar-refractivity contribution is 6.30. The lowest BCUT2D eigenvalue weighted by Gasteiger charge is -2.43. The van der Waals surface area contributed by atoms with Crippen LogP contribution in [-0.4, -0.2) is 18.2 Å². The Morgan fingerprint density at radius 2 is 1.94 bits per heavy atom. The second-order valence-electron chi connectivity index (χ2n) is 10.3. The normalized spacial score (nSPS) is 29.2. The number of hydrogen-bond acceptors (Lipinski definition) is 4. The average Bonchev–Trinajstić information content (AvgIpc) is 3.42. The second kappa shape index (κ2) is 11.1. The Labute approximate surface area is 216 Å². The second-order valence-corrected chi connectivity index (χ2v) is 10.7. The zero-order valence-corrected chi connectivity index (χ0v) is 22.4. The summed E-state index contributed by atoms with van der Waals surface area (Å²) < 4.78 is 5.96. The predicted octanol–water partition coefficient (Wildman–Crippen LogP) is 7.53. The molecule has 0 spiro atoms. The van der Waals surface area contributed by atoms with Gasteiger partial charge in [0.15, 0.2) is 6.23 Å². The number of nitrogens with one attached hydrogen (secondary N) is 2. The van der Waals surface area contributed by atoms with Gasteiger partial charge in [-0.05, 0) is 86.8 Å². The summed E-state index contributed by atoms with van der Waals surface area (Å²) in [6.07, 6.45) is 7.01. The predicted molar refractivity (Wildman–Crippen MR) is 147 cm³/mol. The molecule has 4 unspecified atom stereocenters. The molecule has 1 saturated heterocycles. The monoisotopic (exact) mass is 493 g/mol. The Kier molecular flexibility index (Phi) is 8.11. The molecule has 3 aliphatic rings. The number of aryl methyl sites for hydroxylation is 1. The van der Waals surface area contributed by atoms with E-state index in [4.69, 9.17) is 16.3 Å². The van der Waals surface area contributed by atoms with Gasteiger partial charge in [-0.3, -0.25) is 5.43 Å². The highest BCUT2D eigenvalue weighted by atomic mass is 35.5. The van der Waals surface area contributed by atoms with Crippen LogP contribution in [0.25, 0.3) is 0 Å². The third kappa shape index (κ3) is 5.38. The first-order valence-electron chi connectivity index (χ1n) is 13.1. The Morgan fingerprint density at radius 1 is 1.17 bits per heavy atom. The van der Waals surface area contributed by atoms with Crippen LogP contribution < -0.4 is 10.7 Å². The van der Waals surface area contributed by atoms with Gasteiger partial charge in [-0.25, -0.2) is 0 Å². The maximum Gasteiger partial charge on any atom is 0.240 e. The van der Waals surface area contributed by atoms with Crippen molar-refractivity contribution >= 4 is 17.5 Å². The molecule has 35 heavy (non-hydrogen) atoms. The summed E-state index contributed by atoms with van der Waals surface area (Å²) in [7, 11) is 0. The third-order valence-corrected chi connectivity index (χ3v) is 8.48. The fraction of sp³-hybridized carbons (Fsp3) is 0.500. The van der Waals surface area contributed by atoms with Crippen molar-refractivity contribution < 1.29 is 4.74 Å². The Hall–Kier alpha value is -2.46. The smallest absolute Gasteiger partial charge is 0.240 e. The van der Waals surface area contributed by atoms with Crippen LogP contribution in [0, 0.1) is 18.3 Å². The van der Waals surface area contributed by atoms with Gasteiger partial charge >= 0.3 is 0 Å². The van der Waals surface area contributed by atoms with Gasteiger partial charge in [0.1, 0.15) is 0 Å². The van der Waals surface area contributed by atoms with E-state index in [1.165, 1.54) is 42.5 Å². The minimum atomic E-state index is 0.0185. The van der Waals surface area contributed by atoms with Crippen LogP contribution in [0.4, 0.5) is 0 Å². The number of hydrogen-bond donors (Lipinski definition) is 2. The van der Waals surface area contributed by atoms with Crippen LogP contribution in [0.15, 0.2) is 65.9 Å². The summed E-state index contributed by atoms with van der Waals surface area (Å²) in [4.78, 5) is 0. The summed E-state index contributed by atoms with van der Waals surface area (Å²) >= 11 is 5.54. The van der Waals surface area contributed by atoms with E-state index < -0.39 is 0 Å². The van der Waals surface area contributed by atoms with Gasteiger partial charge in [0.2, 0.25) is 5.90 Å². The topological polar surface area (TPSA) is 45.7 Å². The molecule has 2 aromatic rings. The molecule has 0 aromatic heterocycles. The molecule has 1 aliphatic carbocycles. The van der Waals surface area contributed by atoms with Crippen molar-refractivity contribution in [3.63, 3.8) is 0 Å². The number of halogens is 1. The maximum absolute atomic E-state index is 5.96. The Bertz CT molecular complexity index is 1050. The molecule has 0 radical (unpaired) electrons. The maximum atomic E-state index is 5.96. The zero-order chi connectivity index (χ0) is 25.0. The van der Waals surface area contributed by atoms with E-state index in [2.05, 4.69) is 68.3 Å². The quantitative estimate of drug-likeness (QED) is 0.452. The van der Waals surface area contributed by atoms with Gasteiger partial charge in [0.05, 0.1) is 0 Å².